The molecule has 0 spiro atoms. The zero-order chi connectivity index (χ0) is 18.0. The summed E-state index contributed by atoms with van der Waals surface area (Å²) in [5.41, 5.74) is -1.55. The Labute approximate surface area is 139 Å². The lowest BCUT2D eigenvalue weighted by Crippen LogP contribution is -2.29. The first-order chi connectivity index (χ1) is 11.9. The molecular weight excluding hydrogens is 339 g/mol. The number of aromatic nitrogens is 6. The van der Waals surface area contributed by atoms with Gasteiger partial charge in [0.05, 0.1) is 36.0 Å². The summed E-state index contributed by atoms with van der Waals surface area (Å²) >= 11 is 0. The highest BCUT2D eigenvalue weighted by molar-refractivity contribution is 6.06. The molecule has 25 heavy (non-hydrogen) atoms. The average molecular weight is 349 g/mol. The largest absolute Gasteiger partial charge is 0.434 e. The standard InChI is InChI=1S/C14H10F3N7O/c1-23(9-2-3-20-21-6-9)13(25)10-7-22-24(12(10)14(15,16)17)11-8-18-4-5-19-11/h2-8H,1H3. The maximum absolute atomic E-state index is 13.6. The molecule has 0 unspecified atom stereocenters. The molecule has 0 N–H and O–H groups in total. The van der Waals surface area contributed by atoms with E-state index in [4.69, 9.17) is 0 Å². The van der Waals surface area contributed by atoms with Gasteiger partial charge in [-0.3, -0.25) is 9.78 Å². The maximum atomic E-state index is 13.6. The fourth-order valence-electron chi connectivity index (χ4n) is 2.13. The van der Waals surface area contributed by atoms with E-state index in [0.29, 0.717) is 10.4 Å². The number of anilines is 1. The van der Waals surface area contributed by atoms with Crippen LogP contribution in [0, 0.1) is 0 Å². The van der Waals surface area contributed by atoms with Crippen LogP contribution in [0.3, 0.4) is 0 Å². The summed E-state index contributed by atoms with van der Waals surface area (Å²) < 4.78 is 41.2. The Balaban J connectivity index is 2.08. The summed E-state index contributed by atoms with van der Waals surface area (Å²) in [6, 6.07) is 1.45. The Morgan fingerprint density at radius 3 is 2.52 bits per heavy atom. The van der Waals surface area contributed by atoms with Gasteiger partial charge in [-0.25, -0.2) is 9.67 Å². The van der Waals surface area contributed by atoms with E-state index < -0.39 is 23.3 Å². The highest BCUT2D eigenvalue weighted by Crippen LogP contribution is 2.34. The summed E-state index contributed by atoms with van der Waals surface area (Å²) in [5.74, 6) is -1.04. The van der Waals surface area contributed by atoms with Gasteiger partial charge in [0.1, 0.15) is 0 Å². The van der Waals surface area contributed by atoms with Gasteiger partial charge in [-0.1, -0.05) is 0 Å². The van der Waals surface area contributed by atoms with Crippen LogP contribution in [0.1, 0.15) is 16.1 Å². The molecule has 1 amide bonds. The lowest BCUT2D eigenvalue weighted by atomic mass is 10.2. The predicted octanol–water partition coefficient (Wildman–Crippen LogP) is 1.75. The van der Waals surface area contributed by atoms with Gasteiger partial charge in [0.2, 0.25) is 0 Å². The zero-order valence-electron chi connectivity index (χ0n) is 12.7. The summed E-state index contributed by atoms with van der Waals surface area (Å²) in [6.45, 7) is 0. The molecule has 0 radical (unpaired) electrons. The van der Waals surface area contributed by atoms with Crippen LogP contribution in [0.2, 0.25) is 0 Å². The van der Waals surface area contributed by atoms with Crippen molar-refractivity contribution in [3.8, 4) is 5.82 Å². The number of halogens is 3. The molecule has 3 heterocycles. The number of rotatable bonds is 3. The van der Waals surface area contributed by atoms with Gasteiger partial charge >= 0.3 is 6.18 Å². The quantitative estimate of drug-likeness (QED) is 0.716. The second kappa shape index (κ2) is 6.26. The van der Waals surface area contributed by atoms with Crippen LogP contribution in [0.25, 0.3) is 5.82 Å². The lowest BCUT2D eigenvalue weighted by Gasteiger charge is -2.17. The minimum absolute atomic E-state index is 0.151. The van der Waals surface area contributed by atoms with E-state index in [1.807, 2.05) is 0 Å². The van der Waals surface area contributed by atoms with Crippen molar-refractivity contribution in [1.82, 2.24) is 29.9 Å². The van der Waals surface area contributed by atoms with Crippen LogP contribution in [-0.4, -0.2) is 42.9 Å². The monoisotopic (exact) mass is 349 g/mol. The third kappa shape index (κ3) is 3.16. The molecule has 8 nitrogen and oxygen atoms in total. The number of hydrogen-bond donors (Lipinski definition) is 0. The first-order valence-electron chi connectivity index (χ1n) is 6.86. The van der Waals surface area contributed by atoms with E-state index in [1.54, 1.807) is 0 Å². The van der Waals surface area contributed by atoms with Crippen molar-refractivity contribution in [2.75, 3.05) is 11.9 Å². The predicted molar refractivity (Wildman–Crippen MR) is 78.9 cm³/mol. The Kier molecular flexibility index (Phi) is 4.13. The van der Waals surface area contributed by atoms with Gasteiger partial charge in [-0.15, -0.1) is 0 Å². The fourth-order valence-corrected chi connectivity index (χ4v) is 2.13. The SMILES string of the molecule is CN(C(=O)c1cnn(-c2cnccn2)c1C(F)(F)F)c1ccnnc1. The summed E-state index contributed by atoms with van der Waals surface area (Å²) in [4.78, 5) is 21.1. The summed E-state index contributed by atoms with van der Waals surface area (Å²) in [6.07, 6.45) is 2.28. The molecule has 11 heteroatoms. The van der Waals surface area contributed by atoms with Crippen molar-refractivity contribution in [2.24, 2.45) is 0 Å². The molecule has 0 aliphatic rings. The van der Waals surface area contributed by atoms with Crippen molar-refractivity contribution >= 4 is 11.6 Å². The van der Waals surface area contributed by atoms with Crippen LogP contribution in [0.4, 0.5) is 18.9 Å². The number of amides is 1. The fraction of sp³-hybridized carbons (Fsp3) is 0.143. The van der Waals surface area contributed by atoms with Gasteiger partial charge in [0.25, 0.3) is 5.91 Å². The van der Waals surface area contributed by atoms with Crippen molar-refractivity contribution < 1.29 is 18.0 Å². The molecule has 0 aliphatic carbocycles. The molecule has 0 saturated carbocycles. The zero-order valence-corrected chi connectivity index (χ0v) is 12.7. The Morgan fingerprint density at radius 1 is 1.12 bits per heavy atom. The topological polar surface area (TPSA) is 89.7 Å². The lowest BCUT2D eigenvalue weighted by molar-refractivity contribution is -0.143. The average Bonchev–Trinajstić information content (AvgIpc) is 3.07. The molecule has 0 aliphatic heterocycles. The van der Waals surface area contributed by atoms with Crippen molar-refractivity contribution in [3.63, 3.8) is 0 Å². The third-order valence-electron chi connectivity index (χ3n) is 3.30. The van der Waals surface area contributed by atoms with E-state index >= 15 is 0 Å². The number of hydrogen-bond acceptors (Lipinski definition) is 6. The van der Waals surface area contributed by atoms with Gasteiger partial charge in [0, 0.05) is 19.4 Å². The number of nitrogens with zero attached hydrogens (tertiary/aromatic N) is 7. The molecule has 0 saturated heterocycles. The van der Waals surface area contributed by atoms with Crippen molar-refractivity contribution in [2.45, 2.75) is 6.18 Å². The second-order valence-corrected chi connectivity index (χ2v) is 4.84. The van der Waals surface area contributed by atoms with Gasteiger partial charge < -0.3 is 4.90 Å². The van der Waals surface area contributed by atoms with Crippen LogP contribution >= 0.6 is 0 Å². The molecule has 0 bridgehead atoms. The maximum Gasteiger partial charge on any atom is 0.434 e. The molecule has 3 rings (SSSR count). The van der Waals surface area contributed by atoms with E-state index in [1.165, 1.54) is 37.9 Å². The summed E-state index contributed by atoms with van der Waals surface area (Å²) in [5, 5.41) is 10.8. The summed E-state index contributed by atoms with van der Waals surface area (Å²) in [7, 11) is 1.33. The highest BCUT2D eigenvalue weighted by atomic mass is 19.4. The number of carbonyl (C=O) groups excluding carboxylic acids is 1. The van der Waals surface area contributed by atoms with Gasteiger partial charge in [-0.2, -0.15) is 28.5 Å². The first-order valence-corrected chi connectivity index (χ1v) is 6.86. The van der Waals surface area contributed by atoms with Crippen molar-refractivity contribution in [3.05, 3.63) is 54.5 Å². The van der Waals surface area contributed by atoms with Crippen LogP contribution in [-0.2, 0) is 6.18 Å². The number of alkyl halides is 3. The molecule has 0 atom stereocenters. The van der Waals surface area contributed by atoms with Crippen LogP contribution in [0.15, 0.2) is 43.2 Å². The van der Waals surface area contributed by atoms with Gasteiger partial charge in [-0.05, 0) is 6.07 Å². The smallest absolute Gasteiger partial charge is 0.310 e. The second-order valence-electron chi connectivity index (χ2n) is 4.84. The minimum Gasteiger partial charge on any atom is -0.310 e. The molecule has 3 aromatic heterocycles. The molecule has 0 aromatic carbocycles. The van der Waals surface area contributed by atoms with E-state index in [0.717, 1.165) is 17.3 Å². The normalized spacial score (nSPS) is 11.4. The number of carbonyl (C=O) groups is 1. The Morgan fingerprint density at radius 2 is 1.92 bits per heavy atom. The third-order valence-corrected chi connectivity index (χ3v) is 3.30. The minimum atomic E-state index is -4.82. The van der Waals surface area contributed by atoms with E-state index in [9.17, 15) is 18.0 Å². The molecular formula is C14H10F3N7O. The van der Waals surface area contributed by atoms with Crippen molar-refractivity contribution in [1.29, 1.82) is 0 Å². The Hall–Kier alpha value is -3.37. The van der Waals surface area contributed by atoms with Crippen LogP contribution < -0.4 is 4.90 Å². The molecule has 0 fully saturated rings. The van der Waals surface area contributed by atoms with Gasteiger partial charge in [0.15, 0.2) is 11.5 Å². The Bertz CT molecular complexity index is 880. The van der Waals surface area contributed by atoms with E-state index in [2.05, 4.69) is 25.3 Å². The van der Waals surface area contributed by atoms with E-state index in [-0.39, 0.29) is 5.82 Å². The molecule has 3 aromatic rings. The van der Waals surface area contributed by atoms with Crippen LogP contribution in [0.5, 0.6) is 0 Å². The first kappa shape index (κ1) is 16.5. The highest BCUT2D eigenvalue weighted by Gasteiger charge is 2.41. The molecule has 128 valence electrons.